The molecule has 138 valence electrons. The summed E-state index contributed by atoms with van der Waals surface area (Å²) in [6, 6.07) is 13.1. The van der Waals surface area contributed by atoms with Gasteiger partial charge in [0, 0.05) is 17.3 Å². The Hall–Kier alpha value is -3.00. The van der Waals surface area contributed by atoms with Crippen molar-refractivity contribution in [1.82, 2.24) is 10.2 Å². The Morgan fingerprint density at radius 3 is 2.59 bits per heavy atom. The first-order valence-electron chi connectivity index (χ1n) is 8.15. The summed E-state index contributed by atoms with van der Waals surface area (Å²) in [7, 11) is 0. The SMILES string of the molecule is CCSc1ccc(-c2cccc(NC(=O)Nc3ccc(F)cc3F)c2)nn1. The van der Waals surface area contributed by atoms with E-state index in [-0.39, 0.29) is 5.69 Å². The van der Waals surface area contributed by atoms with Gasteiger partial charge < -0.3 is 10.6 Å². The number of urea groups is 1. The van der Waals surface area contributed by atoms with Crippen LogP contribution in [-0.4, -0.2) is 22.0 Å². The number of thioether (sulfide) groups is 1. The molecule has 0 saturated heterocycles. The molecule has 5 nitrogen and oxygen atoms in total. The fraction of sp³-hybridized carbons (Fsp3) is 0.105. The van der Waals surface area contributed by atoms with Gasteiger partial charge in [-0.15, -0.1) is 22.0 Å². The third-order valence-corrected chi connectivity index (χ3v) is 4.33. The molecule has 2 N–H and O–H groups in total. The van der Waals surface area contributed by atoms with E-state index >= 15 is 0 Å². The smallest absolute Gasteiger partial charge is 0.308 e. The normalized spacial score (nSPS) is 10.5. The van der Waals surface area contributed by atoms with Gasteiger partial charge in [0.25, 0.3) is 0 Å². The van der Waals surface area contributed by atoms with E-state index in [1.807, 2.05) is 25.1 Å². The molecule has 1 heterocycles. The topological polar surface area (TPSA) is 66.9 Å². The number of carbonyl (C=O) groups excluding carboxylic acids is 1. The Balaban J connectivity index is 1.70. The lowest BCUT2D eigenvalue weighted by atomic mass is 10.1. The summed E-state index contributed by atoms with van der Waals surface area (Å²) >= 11 is 1.60. The maximum absolute atomic E-state index is 13.6. The quantitative estimate of drug-likeness (QED) is 0.593. The third-order valence-electron chi connectivity index (χ3n) is 3.53. The van der Waals surface area contributed by atoms with Crippen molar-refractivity contribution in [2.45, 2.75) is 11.9 Å². The predicted octanol–water partition coefficient (Wildman–Crippen LogP) is 5.18. The van der Waals surface area contributed by atoms with Crippen molar-refractivity contribution in [3.8, 4) is 11.3 Å². The highest BCUT2D eigenvalue weighted by molar-refractivity contribution is 7.99. The summed E-state index contributed by atoms with van der Waals surface area (Å²) in [5.41, 5.74) is 1.84. The second-order valence-electron chi connectivity index (χ2n) is 5.47. The zero-order chi connectivity index (χ0) is 19.2. The van der Waals surface area contributed by atoms with E-state index in [9.17, 15) is 13.6 Å². The summed E-state index contributed by atoms with van der Waals surface area (Å²) in [6.07, 6.45) is 0. The van der Waals surface area contributed by atoms with Crippen LogP contribution >= 0.6 is 11.8 Å². The third kappa shape index (κ3) is 5.01. The largest absolute Gasteiger partial charge is 0.323 e. The molecule has 0 atom stereocenters. The van der Waals surface area contributed by atoms with Crippen molar-refractivity contribution in [2.75, 3.05) is 16.4 Å². The van der Waals surface area contributed by atoms with Gasteiger partial charge in [-0.1, -0.05) is 19.1 Å². The van der Waals surface area contributed by atoms with E-state index in [2.05, 4.69) is 20.8 Å². The van der Waals surface area contributed by atoms with Crippen LogP contribution in [0.2, 0.25) is 0 Å². The molecular weight excluding hydrogens is 370 g/mol. The predicted molar refractivity (Wildman–Crippen MR) is 103 cm³/mol. The number of aromatic nitrogens is 2. The highest BCUT2D eigenvalue weighted by Crippen LogP contribution is 2.23. The van der Waals surface area contributed by atoms with E-state index in [1.54, 1.807) is 30.0 Å². The first-order valence-corrected chi connectivity index (χ1v) is 9.13. The van der Waals surface area contributed by atoms with Crippen LogP contribution in [0.3, 0.4) is 0 Å². The highest BCUT2D eigenvalue weighted by Gasteiger charge is 2.09. The number of carbonyl (C=O) groups is 1. The molecule has 27 heavy (non-hydrogen) atoms. The van der Waals surface area contributed by atoms with Crippen LogP contribution in [0.5, 0.6) is 0 Å². The highest BCUT2D eigenvalue weighted by atomic mass is 32.2. The maximum Gasteiger partial charge on any atom is 0.323 e. The zero-order valence-corrected chi connectivity index (χ0v) is 15.2. The molecule has 0 spiro atoms. The summed E-state index contributed by atoms with van der Waals surface area (Å²) < 4.78 is 26.5. The van der Waals surface area contributed by atoms with Crippen LogP contribution in [0.1, 0.15) is 6.92 Å². The molecule has 0 aliphatic carbocycles. The fourth-order valence-electron chi connectivity index (χ4n) is 2.33. The zero-order valence-electron chi connectivity index (χ0n) is 14.4. The van der Waals surface area contributed by atoms with Crippen LogP contribution in [0.4, 0.5) is 25.0 Å². The number of amides is 2. The number of nitrogens with one attached hydrogen (secondary N) is 2. The molecule has 0 fully saturated rings. The van der Waals surface area contributed by atoms with Gasteiger partial charge in [-0.3, -0.25) is 0 Å². The van der Waals surface area contributed by atoms with Gasteiger partial charge in [0.2, 0.25) is 0 Å². The molecular formula is C19H16F2N4OS. The molecule has 2 amide bonds. The van der Waals surface area contributed by atoms with Gasteiger partial charge in [-0.2, -0.15) is 0 Å². The molecule has 0 bridgehead atoms. The molecule has 0 saturated carbocycles. The van der Waals surface area contributed by atoms with Gasteiger partial charge in [-0.05, 0) is 42.2 Å². The number of rotatable bonds is 5. The van der Waals surface area contributed by atoms with Crippen molar-refractivity contribution in [3.63, 3.8) is 0 Å². The molecule has 0 aliphatic rings. The molecule has 1 aromatic heterocycles. The van der Waals surface area contributed by atoms with E-state index in [0.29, 0.717) is 17.4 Å². The van der Waals surface area contributed by atoms with Crippen molar-refractivity contribution in [2.24, 2.45) is 0 Å². The van der Waals surface area contributed by atoms with E-state index in [0.717, 1.165) is 28.5 Å². The lowest BCUT2D eigenvalue weighted by Crippen LogP contribution is -2.20. The Morgan fingerprint density at radius 1 is 1.04 bits per heavy atom. The maximum atomic E-state index is 13.6. The molecule has 0 unspecified atom stereocenters. The second kappa shape index (κ2) is 8.59. The summed E-state index contributed by atoms with van der Waals surface area (Å²) in [6.45, 7) is 2.04. The average Bonchev–Trinajstić information content (AvgIpc) is 2.65. The van der Waals surface area contributed by atoms with E-state index in [1.165, 1.54) is 0 Å². The number of nitrogens with zero attached hydrogens (tertiary/aromatic N) is 2. The van der Waals surface area contributed by atoms with Gasteiger partial charge in [-0.25, -0.2) is 13.6 Å². The molecule has 0 radical (unpaired) electrons. The minimum atomic E-state index is -0.848. The van der Waals surface area contributed by atoms with Crippen molar-refractivity contribution in [1.29, 1.82) is 0 Å². The molecule has 3 aromatic rings. The lowest BCUT2D eigenvalue weighted by molar-refractivity contribution is 0.262. The Morgan fingerprint density at radius 2 is 1.89 bits per heavy atom. The summed E-state index contributed by atoms with van der Waals surface area (Å²) in [5.74, 6) is -0.646. The first-order chi connectivity index (χ1) is 13.0. The van der Waals surface area contributed by atoms with Gasteiger partial charge >= 0.3 is 6.03 Å². The molecule has 8 heteroatoms. The van der Waals surface area contributed by atoms with Gasteiger partial charge in [0.15, 0.2) is 0 Å². The van der Waals surface area contributed by atoms with E-state index < -0.39 is 17.7 Å². The minimum absolute atomic E-state index is 0.111. The number of hydrogen-bond acceptors (Lipinski definition) is 4. The Bertz CT molecular complexity index is 951. The Labute approximate surface area is 159 Å². The number of hydrogen-bond donors (Lipinski definition) is 2. The summed E-state index contributed by atoms with van der Waals surface area (Å²) in [5, 5.41) is 14.1. The minimum Gasteiger partial charge on any atom is -0.308 e. The van der Waals surface area contributed by atoms with Crippen LogP contribution < -0.4 is 10.6 Å². The monoisotopic (exact) mass is 386 g/mol. The van der Waals surface area contributed by atoms with Crippen LogP contribution in [0.25, 0.3) is 11.3 Å². The Kier molecular flexibility index (Phi) is 5.97. The average molecular weight is 386 g/mol. The number of anilines is 2. The molecule has 2 aromatic carbocycles. The van der Waals surface area contributed by atoms with Crippen LogP contribution in [-0.2, 0) is 0 Å². The van der Waals surface area contributed by atoms with E-state index in [4.69, 9.17) is 0 Å². The molecule has 3 rings (SSSR count). The van der Waals surface area contributed by atoms with Gasteiger partial charge in [0.05, 0.1) is 11.4 Å². The standard InChI is InChI=1S/C19H16F2N4OS/c1-2-27-18-9-8-16(24-25-18)12-4-3-5-14(10-12)22-19(26)23-17-7-6-13(20)11-15(17)21/h3-11H,2H2,1H3,(H2,22,23,26). The fourth-order valence-corrected chi connectivity index (χ4v) is 2.89. The number of benzene rings is 2. The van der Waals surface area contributed by atoms with Crippen LogP contribution in [0, 0.1) is 11.6 Å². The van der Waals surface area contributed by atoms with Crippen molar-refractivity contribution >= 4 is 29.2 Å². The number of halogens is 2. The first kappa shape index (κ1) is 18.8. The van der Waals surface area contributed by atoms with Crippen molar-refractivity contribution < 1.29 is 13.6 Å². The second-order valence-corrected chi connectivity index (χ2v) is 6.76. The van der Waals surface area contributed by atoms with Gasteiger partial charge in [0.1, 0.15) is 16.7 Å². The lowest BCUT2D eigenvalue weighted by Gasteiger charge is -2.09. The van der Waals surface area contributed by atoms with Crippen molar-refractivity contribution in [3.05, 3.63) is 66.2 Å². The summed E-state index contributed by atoms with van der Waals surface area (Å²) in [4.78, 5) is 12.1. The van der Waals surface area contributed by atoms with Crippen LogP contribution in [0.15, 0.2) is 59.6 Å². The molecule has 0 aliphatic heterocycles.